The molecule has 0 aliphatic heterocycles. The summed E-state index contributed by atoms with van der Waals surface area (Å²) in [6, 6.07) is 0. The van der Waals surface area contributed by atoms with Crippen molar-refractivity contribution < 1.29 is 17.9 Å². The van der Waals surface area contributed by atoms with Gasteiger partial charge in [-0.25, -0.2) is 17.9 Å². The third-order valence-electron chi connectivity index (χ3n) is 4.02. The van der Waals surface area contributed by atoms with Crippen LogP contribution in [0.5, 0.6) is 0 Å². The predicted molar refractivity (Wildman–Crippen MR) is 92.8 cm³/mol. The number of methoxy groups -OCH3 is 1. The van der Waals surface area contributed by atoms with Gasteiger partial charge in [-0.2, -0.15) is 0 Å². The van der Waals surface area contributed by atoms with Crippen molar-refractivity contribution >= 4 is 39.7 Å². The lowest BCUT2D eigenvalue weighted by atomic mass is 9.83. The molecule has 0 spiro atoms. The highest BCUT2D eigenvalue weighted by Gasteiger charge is 2.32. The Morgan fingerprint density at radius 1 is 1.39 bits per heavy atom. The van der Waals surface area contributed by atoms with Crippen molar-refractivity contribution in [2.45, 2.75) is 49.5 Å². The third kappa shape index (κ3) is 4.67. The number of hydrogen-bond acceptors (Lipinski definition) is 6. The number of rotatable bonds is 5. The number of carbonyl (C=O) groups is 1. The molecule has 0 unspecified atom stereocenters. The van der Waals surface area contributed by atoms with E-state index in [1.54, 1.807) is 12.3 Å². The van der Waals surface area contributed by atoms with Crippen LogP contribution in [0.25, 0.3) is 0 Å². The highest BCUT2D eigenvalue weighted by molar-refractivity contribution is 7.89. The fraction of sp³-hybridized carbons (Fsp3) is 0.643. The molecule has 132 valence electrons. The van der Waals surface area contributed by atoms with Gasteiger partial charge in [0.05, 0.1) is 7.11 Å². The van der Waals surface area contributed by atoms with E-state index in [-0.39, 0.29) is 28.7 Å². The van der Waals surface area contributed by atoms with E-state index in [1.165, 1.54) is 7.11 Å². The minimum Gasteiger partial charge on any atom is -0.465 e. The number of nitrogens with one attached hydrogen (secondary N) is 1. The summed E-state index contributed by atoms with van der Waals surface area (Å²) in [6.07, 6.45) is 4.79. The Morgan fingerprint density at radius 3 is 2.57 bits per heavy atom. The summed E-state index contributed by atoms with van der Waals surface area (Å²) in [4.78, 5) is 11.8. The van der Waals surface area contributed by atoms with Crippen LogP contribution in [0.15, 0.2) is 10.3 Å². The van der Waals surface area contributed by atoms with Gasteiger partial charge < -0.3 is 10.5 Å². The van der Waals surface area contributed by atoms with Crippen LogP contribution in [0.3, 0.4) is 0 Å². The molecule has 1 heterocycles. The molecule has 9 heteroatoms. The average Bonchev–Trinajstić information content (AvgIpc) is 2.88. The Bertz CT molecular complexity index is 652. The summed E-state index contributed by atoms with van der Waals surface area (Å²) in [5, 5.41) is 1.64. The quantitative estimate of drug-likeness (QED) is 0.760. The first-order chi connectivity index (χ1) is 10.3. The van der Waals surface area contributed by atoms with Gasteiger partial charge in [0.2, 0.25) is 10.0 Å². The molecular weight excluding hydrogens is 360 g/mol. The van der Waals surface area contributed by atoms with Gasteiger partial charge in [-0.15, -0.1) is 23.7 Å². The van der Waals surface area contributed by atoms with Crippen LogP contribution in [-0.2, 0) is 14.8 Å². The minimum atomic E-state index is -3.79. The van der Waals surface area contributed by atoms with E-state index in [9.17, 15) is 13.2 Å². The van der Waals surface area contributed by atoms with Crippen LogP contribution in [0.4, 0.5) is 0 Å². The van der Waals surface area contributed by atoms with E-state index in [1.807, 2.05) is 0 Å². The van der Waals surface area contributed by atoms with Gasteiger partial charge in [0.25, 0.3) is 0 Å². The van der Waals surface area contributed by atoms with Crippen LogP contribution in [0.2, 0.25) is 0 Å². The zero-order valence-corrected chi connectivity index (χ0v) is 15.7. The molecule has 1 aromatic heterocycles. The molecule has 0 saturated heterocycles. The molecule has 2 rings (SSSR count). The van der Waals surface area contributed by atoms with Crippen LogP contribution in [-0.4, -0.2) is 33.6 Å². The van der Waals surface area contributed by atoms with E-state index in [0.29, 0.717) is 5.56 Å². The smallest absolute Gasteiger partial charge is 0.349 e. The maximum atomic E-state index is 12.6. The van der Waals surface area contributed by atoms with Crippen LogP contribution in [0, 0.1) is 6.92 Å². The van der Waals surface area contributed by atoms with E-state index < -0.39 is 21.5 Å². The van der Waals surface area contributed by atoms with Gasteiger partial charge in [0.1, 0.15) is 9.77 Å². The predicted octanol–water partition coefficient (Wildman–Crippen LogP) is 2.20. The molecular formula is C14H23ClN2O4S2. The molecule has 0 bridgehead atoms. The molecule has 1 saturated carbocycles. The van der Waals surface area contributed by atoms with E-state index in [2.05, 4.69) is 9.46 Å². The Hall–Kier alpha value is -0.670. The summed E-state index contributed by atoms with van der Waals surface area (Å²) in [6.45, 7) is 1.85. The molecule has 3 N–H and O–H groups in total. The molecule has 1 aliphatic carbocycles. The zero-order valence-electron chi connectivity index (χ0n) is 13.3. The van der Waals surface area contributed by atoms with Crippen molar-refractivity contribution in [2.75, 3.05) is 13.7 Å². The minimum absolute atomic E-state index is 0. The zero-order chi connectivity index (χ0) is 16.4. The maximum absolute atomic E-state index is 12.6. The number of esters is 1. The van der Waals surface area contributed by atoms with Crippen molar-refractivity contribution in [1.29, 1.82) is 0 Å². The molecule has 0 atom stereocenters. The van der Waals surface area contributed by atoms with E-state index in [4.69, 9.17) is 5.73 Å². The molecule has 23 heavy (non-hydrogen) atoms. The Balaban J connectivity index is 0.00000264. The normalized spacial score (nSPS) is 17.3. The van der Waals surface area contributed by atoms with Crippen molar-refractivity contribution in [3.8, 4) is 0 Å². The number of sulfonamides is 1. The Labute approximate surface area is 147 Å². The number of aryl methyl sites for hydroxylation is 1. The molecule has 0 radical (unpaired) electrons. The topological polar surface area (TPSA) is 98.5 Å². The average molecular weight is 383 g/mol. The second-order valence-electron chi connectivity index (χ2n) is 5.82. The molecule has 1 aliphatic rings. The second-order valence-corrected chi connectivity index (χ2v) is 8.40. The van der Waals surface area contributed by atoms with Crippen molar-refractivity contribution in [1.82, 2.24) is 4.72 Å². The lowest BCUT2D eigenvalue weighted by molar-refractivity contribution is 0.0602. The number of halogens is 1. The second kappa shape index (κ2) is 7.94. The van der Waals surface area contributed by atoms with Gasteiger partial charge >= 0.3 is 5.97 Å². The van der Waals surface area contributed by atoms with E-state index in [0.717, 1.165) is 43.4 Å². The van der Waals surface area contributed by atoms with Gasteiger partial charge in [-0.05, 0) is 30.7 Å². The molecule has 6 nitrogen and oxygen atoms in total. The van der Waals surface area contributed by atoms with Crippen LogP contribution in [0.1, 0.15) is 47.3 Å². The largest absolute Gasteiger partial charge is 0.465 e. The number of ether oxygens (including phenoxy) is 1. The van der Waals surface area contributed by atoms with Gasteiger partial charge in [0, 0.05) is 12.1 Å². The van der Waals surface area contributed by atoms with Crippen molar-refractivity contribution in [3.05, 3.63) is 15.8 Å². The first kappa shape index (κ1) is 20.4. The molecule has 1 fully saturated rings. The summed E-state index contributed by atoms with van der Waals surface area (Å²) >= 11 is 1.07. The first-order valence-corrected chi connectivity index (χ1v) is 9.60. The fourth-order valence-electron chi connectivity index (χ4n) is 2.74. The SMILES string of the molecule is COC(=O)c1scc(C)c1S(=O)(=O)NCC1(N)CCCCC1.Cl. The van der Waals surface area contributed by atoms with Gasteiger partial charge in [-0.3, -0.25) is 0 Å². The highest BCUT2D eigenvalue weighted by Crippen LogP contribution is 2.29. The molecule has 0 amide bonds. The third-order valence-corrected chi connectivity index (χ3v) is 6.82. The highest BCUT2D eigenvalue weighted by atomic mass is 35.5. The molecule has 1 aromatic rings. The van der Waals surface area contributed by atoms with Gasteiger partial charge in [0.15, 0.2) is 0 Å². The van der Waals surface area contributed by atoms with Crippen LogP contribution >= 0.6 is 23.7 Å². The summed E-state index contributed by atoms with van der Waals surface area (Å²) in [5.41, 5.74) is 6.30. The number of thiophene rings is 1. The maximum Gasteiger partial charge on any atom is 0.349 e. The molecule has 0 aromatic carbocycles. The standard InChI is InChI=1S/C14H22N2O4S2.ClH/c1-10-8-21-11(13(17)20-2)12(10)22(18,19)16-9-14(15)6-4-3-5-7-14;/h8,16H,3-7,9,15H2,1-2H3;1H. The summed E-state index contributed by atoms with van der Waals surface area (Å²) < 4.78 is 32.4. The number of carbonyl (C=O) groups excluding carboxylic acids is 1. The Morgan fingerprint density at radius 2 is 2.00 bits per heavy atom. The van der Waals surface area contributed by atoms with E-state index >= 15 is 0 Å². The fourth-order valence-corrected chi connectivity index (χ4v) is 5.58. The summed E-state index contributed by atoms with van der Waals surface area (Å²) in [7, 11) is -2.56. The first-order valence-electron chi connectivity index (χ1n) is 7.24. The number of hydrogen-bond donors (Lipinski definition) is 2. The van der Waals surface area contributed by atoms with Crippen molar-refractivity contribution in [3.63, 3.8) is 0 Å². The Kier molecular flexibility index (Phi) is 7.03. The summed E-state index contributed by atoms with van der Waals surface area (Å²) in [5.74, 6) is -0.640. The monoisotopic (exact) mass is 382 g/mol. The lowest BCUT2D eigenvalue weighted by Gasteiger charge is -2.33. The van der Waals surface area contributed by atoms with Crippen LogP contribution < -0.4 is 10.5 Å². The van der Waals surface area contributed by atoms with Gasteiger partial charge in [-0.1, -0.05) is 19.3 Å². The number of nitrogens with two attached hydrogens (primary N) is 1. The lowest BCUT2D eigenvalue weighted by Crippen LogP contribution is -2.51. The van der Waals surface area contributed by atoms with Crippen molar-refractivity contribution in [2.24, 2.45) is 5.73 Å².